The van der Waals surface area contributed by atoms with Crippen molar-refractivity contribution >= 4 is 5.95 Å². The smallest absolute Gasteiger partial charge is 0.224 e. The summed E-state index contributed by atoms with van der Waals surface area (Å²) < 4.78 is 11.5. The average molecular weight is 127 g/mol. The summed E-state index contributed by atoms with van der Waals surface area (Å²) in [4.78, 5) is 7.41. The monoisotopic (exact) mass is 127 g/mol. The van der Waals surface area contributed by atoms with E-state index in [9.17, 15) is 4.39 Å². The Morgan fingerprint density at radius 1 is 1.44 bits per heavy atom. The summed E-state index contributed by atoms with van der Waals surface area (Å²) in [6, 6.07) is 1.67. The molecule has 9 heavy (non-hydrogen) atoms. The van der Waals surface area contributed by atoms with Crippen molar-refractivity contribution in [2.75, 3.05) is 12.1 Å². The molecule has 0 aromatic carbocycles. The van der Waals surface area contributed by atoms with Crippen molar-refractivity contribution in [3.63, 3.8) is 0 Å². The van der Waals surface area contributed by atoms with Crippen LogP contribution in [0.4, 0.5) is 10.3 Å². The SMILES string of the molecule is FCNc1ncccn1. The topological polar surface area (TPSA) is 37.8 Å². The van der Waals surface area contributed by atoms with Crippen molar-refractivity contribution in [3.05, 3.63) is 18.5 Å². The molecular weight excluding hydrogens is 121 g/mol. The van der Waals surface area contributed by atoms with Gasteiger partial charge in [0.25, 0.3) is 0 Å². The maximum absolute atomic E-state index is 11.5. The first-order valence-electron chi connectivity index (χ1n) is 2.50. The number of nitrogens with zero attached hydrogens (tertiary/aromatic N) is 2. The lowest BCUT2D eigenvalue weighted by Gasteiger charge is -1.94. The molecule has 1 heterocycles. The molecule has 48 valence electrons. The molecule has 0 unspecified atom stereocenters. The van der Waals surface area contributed by atoms with Crippen LogP contribution in [0.2, 0.25) is 0 Å². The second-order valence-corrected chi connectivity index (χ2v) is 1.38. The zero-order valence-corrected chi connectivity index (χ0v) is 4.71. The van der Waals surface area contributed by atoms with Crippen molar-refractivity contribution < 1.29 is 4.39 Å². The first-order chi connectivity index (χ1) is 4.43. The quantitative estimate of drug-likeness (QED) is 0.597. The first kappa shape index (κ1) is 5.94. The maximum Gasteiger partial charge on any atom is 0.224 e. The Kier molecular flexibility index (Phi) is 1.95. The van der Waals surface area contributed by atoms with E-state index >= 15 is 0 Å². The summed E-state index contributed by atoms with van der Waals surface area (Å²) in [5.41, 5.74) is 0. The first-order valence-corrected chi connectivity index (χ1v) is 2.50. The Labute approximate surface area is 52.0 Å². The standard InChI is InChI=1S/C5H6FN3/c6-4-9-5-7-2-1-3-8-5/h1-3H,4H2,(H,7,8,9). The average Bonchev–Trinajstić information content (AvgIpc) is 1.91. The highest BCUT2D eigenvalue weighted by Gasteiger charge is 1.86. The summed E-state index contributed by atoms with van der Waals surface area (Å²) in [5.74, 6) is 0.319. The van der Waals surface area contributed by atoms with Gasteiger partial charge in [0.15, 0.2) is 6.80 Å². The zero-order valence-electron chi connectivity index (χ0n) is 4.71. The Balaban J connectivity index is 2.61. The summed E-state index contributed by atoms with van der Waals surface area (Å²) in [6.45, 7) is -0.635. The van der Waals surface area contributed by atoms with Crippen LogP contribution in [-0.2, 0) is 0 Å². The third-order valence-electron chi connectivity index (χ3n) is 0.791. The largest absolute Gasteiger partial charge is 0.327 e. The fourth-order valence-electron chi connectivity index (χ4n) is 0.450. The van der Waals surface area contributed by atoms with Crippen molar-refractivity contribution in [2.45, 2.75) is 0 Å². The van der Waals surface area contributed by atoms with Crippen molar-refractivity contribution in [1.82, 2.24) is 9.97 Å². The molecule has 0 amide bonds. The molecular formula is C5H6FN3. The van der Waals surface area contributed by atoms with Crippen LogP contribution in [0, 0.1) is 0 Å². The molecule has 0 saturated heterocycles. The van der Waals surface area contributed by atoms with E-state index in [1.165, 1.54) is 0 Å². The predicted molar refractivity (Wildman–Crippen MR) is 31.6 cm³/mol. The Morgan fingerprint density at radius 2 is 2.11 bits per heavy atom. The molecule has 0 bridgehead atoms. The summed E-state index contributed by atoms with van der Waals surface area (Å²) in [5, 5.41) is 2.32. The van der Waals surface area contributed by atoms with E-state index in [1.807, 2.05) is 0 Å². The van der Waals surface area contributed by atoms with Gasteiger partial charge in [0.1, 0.15) is 0 Å². The second-order valence-electron chi connectivity index (χ2n) is 1.38. The highest BCUT2D eigenvalue weighted by Crippen LogP contribution is 1.91. The van der Waals surface area contributed by atoms with Gasteiger partial charge in [-0.1, -0.05) is 0 Å². The van der Waals surface area contributed by atoms with E-state index in [1.54, 1.807) is 18.5 Å². The Hall–Kier alpha value is -1.19. The maximum atomic E-state index is 11.5. The fourth-order valence-corrected chi connectivity index (χ4v) is 0.450. The van der Waals surface area contributed by atoms with Gasteiger partial charge >= 0.3 is 0 Å². The van der Waals surface area contributed by atoms with Crippen LogP contribution in [0.15, 0.2) is 18.5 Å². The van der Waals surface area contributed by atoms with E-state index in [-0.39, 0.29) is 0 Å². The van der Waals surface area contributed by atoms with E-state index in [0.29, 0.717) is 5.95 Å². The number of hydrogen-bond donors (Lipinski definition) is 1. The zero-order chi connectivity index (χ0) is 6.53. The van der Waals surface area contributed by atoms with Gasteiger partial charge in [0.2, 0.25) is 5.95 Å². The Morgan fingerprint density at radius 3 is 2.67 bits per heavy atom. The number of hydrogen-bond acceptors (Lipinski definition) is 3. The van der Waals surface area contributed by atoms with Crippen LogP contribution in [0.1, 0.15) is 0 Å². The van der Waals surface area contributed by atoms with Gasteiger partial charge in [-0.3, -0.25) is 0 Å². The van der Waals surface area contributed by atoms with Gasteiger partial charge < -0.3 is 5.32 Å². The van der Waals surface area contributed by atoms with Gasteiger partial charge in [-0.15, -0.1) is 0 Å². The van der Waals surface area contributed by atoms with Crippen LogP contribution in [0.25, 0.3) is 0 Å². The minimum atomic E-state index is -0.635. The molecule has 0 aliphatic rings. The minimum absolute atomic E-state index is 0.319. The van der Waals surface area contributed by atoms with Gasteiger partial charge in [-0.2, -0.15) is 0 Å². The number of nitrogens with one attached hydrogen (secondary N) is 1. The predicted octanol–water partition coefficient (Wildman–Crippen LogP) is 0.815. The van der Waals surface area contributed by atoms with Crippen molar-refractivity contribution in [1.29, 1.82) is 0 Å². The second kappa shape index (κ2) is 2.96. The molecule has 0 radical (unpaired) electrons. The van der Waals surface area contributed by atoms with E-state index in [4.69, 9.17) is 0 Å². The number of rotatable bonds is 2. The number of anilines is 1. The molecule has 1 N–H and O–H groups in total. The van der Waals surface area contributed by atoms with Crippen LogP contribution in [0.3, 0.4) is 0 Å². The third kappa shape index (κ3) is 1.64. The summed E-state index contributed by atoms with van der Waals surface area (Å²) >= 11 is 0. The molecule has 0 atom stereocenters. The number of alkyl halides is 1. The lowest BCUT2D eigenvalue weighted by Crippen LogP contribution is -1.99. The highest BCUT2D eigenvalue weighted by atomic mass is 19.1. The number of aromatic nitrogens is 2. The third-order valence-corrected chi connectivity index (χ3v) is 0.791. The van der Waals surface area contributed by atoms with Gasteiger partial charge in [0.05, 0.1) is 0 Å². The van der Waals surface area contributed by atoms with Gasteiger partial charge in [0, 0.05) is 12.4 Å². The molecule has 0 fully saturated rings. The van der Waals surface area contributed by atoms with Crippen molar-refractivity contribution in [3.8, 4) is 0 Å². The number of halogens is 1. The van der Waals surface area contributed by atoms with Crippen LogP contribution >= 0.6 is 0 Å². The molecule has 1 aromatic heterocycles. The van der Waals surface area contributed by atoms with Crippen LogP contribution in [0.5, 0.6) is 0 Å². The van der Waals surface area contributed by atoms with Gasteiger partial charge in [-0.25, -0.2) is 14.4 Å². The molecule has 0 spiro atoms. The molecule has 1 rings (SSSR count). The minimum Gasteiger partial charge on any atom is -0.327 e. The van der Waals surface area contributed by atoms with E-state index < -0.39 is 6.80 Å². The molecule has 0 aliphatic heterocycles. The fraction of sp³-hybridized carbons (Fsp3) is 0.200. The highest BCUT2D eigenvalue weighted by molar-refractivity contribution is 5.20. The summed E-state index contributed by atoms with van der Waals surface area (Å²) in [6.07, 6.45) is 3.09. The summed E-state index contributed by atoms with van der Waals surface area (Å²) in [7, 11) is 0. The molecule has 1 aromatic rings. The lowest BCUT2D eigenvalue weighted by molar-refractivity contribution is 0.533. The lowest BCUT2D eigenvalue weighted by atomic mass is 10.7. The van der Waals surface area contributed by atoms with Crippen molar-refractivity contribution in [2.24, 2.45) is 0 Å². The normalized spacial score (nSPS) is 9.00. The molecule has 0 aliphatic carbocycles. The van der Waals surface area contributed by atoms with Crippen LogP contribution in [-0.4, -0.2) is 16.8 Å². The Bertz CT molecular complexity index is 165. The van der Waals surface area contributed by atoms with E-state index in [0.717, 1.165) is 0 Å². The van der Waals surface area contributed by atoms with E-state index in [2.05, 4.69) is 15.3 Å². The molecule has 4 heteroatoms. The molecule has 0 saturated carbocycles. The molecule has 3 nitrogen and oxygen atoms in total. The van der Waals surface area contributed by atoms with Crippen LogP contribution < -0.4 is 5.32 Å². The van der Waals surface area contributed by atoms with Gasteiger partial charge in [-0.05, 0) is 6.07 Å².